The molecule has 1 aromatic rings. The van der Waals surface area contributed by atoms with Crippen LogP contribution in [0.15, 0.2) is 18.2 Å². The highest BCUT2D eigenvalue weighted by molar-refractivity contribution is 5.70. The van der Waals surface area contributed by atoms with E-state index < -0.39 is 11.9 Å². The standard InChI is InChI=1S/C14H20FNO2/c1-9-8-13(15)5-4-12(9)6-7-16-11(3)10(2)14(17)18/h4-5,8,10-11,16H,6-7H2,1-3H3,(H,17,18). The van der Waals surface area contributed by atoms with E-state index in [4.69, 9.17) is 5.11 Å². The zero-order chi connectivity index (χ0) is 13.7. The van der Waals surface area contributed by atoms with Gasteiger partial charge >= 0.3 is 5.97 Å². The second-order valence-corrected chi connectivity index (χ2v) is 4.69. The average Bonchev–Trinajstić information content (AvgIpc) is 2.30. The normalized spacial score (nSPS) is 14.2. The van der Waals surface area contributed by atoms with Crippen molar-refractivity contribution in [3.63, 3.8) is 0 Å². The van der Waals surface area contributed by atoms with Crippen LogP contribution in [0.25, 0.3) is 0 Å². The Labute approximate surface area is 107 Å². The number of carboxylic acid groups (broad SMARTS) is 1. The first kappa shape index (κ1) is 14.6. The molecule has 0 saturated carbocycles. The van der Waals surface area contributed by atoms with Crippen molar-refractivity contribution in [2.75, 3.05) is 6.54 Å². The topological polar surface area (TPSA) is 49.3 Å². The Balaban J connectivity index is 2.44. The van der Waals surface area contributed by atoms with Crippen LogP contribution in [-0.2, 0) is 11.2 Å². The summed E-state index contributed by atoms with van der Waals surface area (Å²) in [5.41, 5.74) is 2.01. The van der Waals surface area contributed by atoms with Crippen molar-refractivity contribution in [1.82, 2.24) is 5.32 Å². The summed E-state index contributed by atoms with van der Waals surface area (Å²) in [4.78, 5) is 10.8. The maximum absolute atomic E-state index is 12.9. The van der Waals surface area contributed by atoms with Gasteiger partial charge in [-0.15, -0.1) is 0 Å². The Morgan fingerprint density at radius 3 is 2.67 bits per heavy atom. The van der Waals surface area contributed by atoms with Gasteiger partial charge in [0.25, 0.3) is 0 Å². The summed E-state index contributed by atoms with van der Waals surface area (Å²) in [5.74, 6) is -1.44. The highest BCUT2D eigenvalue weighted by atomic mass is 19.1. The maximum atomic E-state index is 12.9. The summed E-state index contributed by atoms with van der Waals surface area (Å²) in [6.07, 6.45) is 0.767. The van der Waals surface area contributed by atoms with E-state index in [0.29, 0.717) is 6.54 Å². The predicted molar refractivity (Wildman–Crippen MR) is 69.1 cm³/mol. The minimum Gasteiger partial charge on any atom is -0.481 e. The average molecular weight is 253 g/mol. The number of hydrogen-bond acceptors (Lipinski definition) is 2. The molecule has 0 aliphatic heterocycles. The fourth-order valence-corrected chi connectivity index (χ4v) is 1.76. The molecule has 2 unspecified atom stereocenters. The van der Waals surface area contributed by atoms with Crippen molar-refractivity contribution in [2.24, 2.45) is 5.92 Å². The van der Waals surface area contributed by atoms with Crippen molar-refractivity contribution in [1.29, 1.82) is 0 Å². The molecule has 1 aromatic carbocycles. The van der Waals surface area contributed by atoms with Gasteiger partial charge in [0.1, 0.15) is 5.82 Å². The summed E-state index contributed by atoms with van der Waals surface area (Å²) in [6, 6.07) is 4.66. The molecule has 4 heteroatoms. The molecule has 0 saturated heterocycles. The van der Waals surface area contributed by atoms with Crippen LogP contribution in [-0.4, -0.2) is 23.7 Å². The van der Waals surface area contributed by atoms with Gasteiger partial charge in [-0.05, 0) is 50.1 Å². The number of hydrogen-bond donors (Lipinski definition) is 2. The third-order valence-electron chi connectivity index (χ3n) is 3.30. The van der Waals surface area contributed by atoms with Gasteiger partial charge in [0.15, 0.2) is 0 Å². The number of carboxylic acids is 1. The number of aliphatic carboxylic acids is 1. The van der Waals surface area contributed by atoms with E-state index in [-0.39, 0.29) is 11.9 Å². The monoisotopic (exact) mass is 253 g/mol. The molecule has 2 atom stereocenters. The molecule has 100 valence electrons. The third kappa shape index (κ3) is 4.11. The van der Waals surface area contributed by atoms with Gasteiger partial charge in [-0.3, -0.25) is 4.79 Å². The fraction of sp³-hybridized carbons (Fsp3) is 0.500. The smallest absolute Gasteiger partial charge is 0.307 e. The molecule has 0 radical (unpaired) electrons. The van der Waals surface area contributed by atoms with Crippen LogP contribution in [0.3, 0.4) is 0 Å². The summed E-state index contributed by atoms with van der Waals surface area (Å²) >= 11 is 0. The Kier molecular flexibility index (Phi) is 5.28. The lowest BCUT2D eigenvalue weighted by atomic mass is 10.0. The van der Waals surface area contributed by atoms with Crippen LogP contribution in [0.5, 0.6) is 0 Å². The Bertz CT molecular complexity index is 420. The summed E-state index contributed by atoms with van der Waals surface area (Å²) in [7, 11) is 0. The van der Waals surface area contributed by atoms with Crippen molar-refractivity contribution < 1.29 is 14.3 Å². The Morgan fingerprint density at radius 2 is 2.11 bits per heavy atom. The van der Waals surface area contributed by atoms with E-state index in [0.717, 1.165) is 17.5 Å². The second-order valence-electron chi connectivity index (χ2n) is 4.69. The van der Waals surface area contributed by atoms with E-state index in [9.17, 15) is 9.18 Å². The molecule has 3 nitrogen and oxygen atoms in total. The fourth-order valence-electron chi connectivity index (χ4n) is 1.76. The van der Waals surface area contributed by atoms with Gasteiger partial charge in [0.05, 0.1) is 5.92 Å². The molecule has 0 fully saturated rings. The van der Waals surface area contributed by atoms with Gasteiger partial charge < -0.3 is 10.4 Å². The second kappa shape index (κ2) is 6.50. The quantitative estimate of drug-likeness (QED) is 0.818. The zero-order valence-corrected chi connectivity index (χ0v) is 11.0. The molecular formula is C14H20FNO2. The molecule has 1 rings (SSSR count). The molecule has 0 aliphatic carbocycles. The lowest BCUT2D eigenvalue weighted by molar-refractivity contribution is -0.141. The molecule has 0 heterocycles. The van der Waals surface area contributed by atoms with Gasteiger partial charge in [-0.1, -0.05) is 13.0 Å². The van der Waals surface area contributed by atoms with Crippen molar-refractivity contribution in [2.45, 2.75) is 33.2 Å². The van der Waals surface area contributed by atoms with E-state index in [1.165, 1.54) is 12.1 Å². The van der Waals surface area contributed by atoms with Crippen molar-refractivity contribution in [3.05, 3.63) is 35.1 Å². The minimum absolute atomic E-state index is 0.0803. The number of nitrogens with one attached hydrogen (secondary N) is 1. The van der Waals surface area contributed by atoms with Gasteiger partial charge in [0, 0.05) is 6.04 Å². The molecule has 0 spiro atoms. The minimum atomic E-state index is -0.798. The lowest BCUT2D eigenvalue weighted by Gasteiger charge is -2.18. The maximum Gasteiger partial charge on any atom is 0.307 e. The highest BCUT2D eigenvalue weighted by Crippen LogP contribution is 2.10. The van der Waals surface area contributed by atoms with Crippen LogP contribution in [0, 0.1) is 18.7 Å². The molecule has 0 amide bonds. The van der Waals surface area contributed by atoms with Gasteiger partial charge in [0.2, 0.25) is 0 Å². The molecule has 18 heavy (non-hydrogen) atoms. The number of aryl methyl sites for hydroxylation is 1. The number of benzene rings is 1. The third-order valence-corrected chi connectivity index (χ3v) is 3.30. The van der Waals surface area contributed by atoms with E-state index in [1.807, 2.05) is 13.8 Å². The van der Waals surface area contributed by atoms with Gasteiger partial charge in [-0.2, -0.15) is 0 Å². The van der Waals surface area contributed by atoms with Gasteiger partial charge in [-0.25, -0.2) is 4.39 Å². The SMILES string of the molecule is Cc1cc(F)ccc1CCNC(C)C(C)C(=O)O. The first-order valence-electron chi connectivity index (χ1n) is 6.13. The van der Waals surface area contributed by atoms with Crippen molar-refractivity contribution in [3.8, 4) is 0 Å². The van der Waals surface area contributed by atoms with Crippen LogP contribution in [0.4, 0.5) is 4.39 Å². The van der Waals surface area contributed by atoms with Crippen LogP contribution in [0.1, 0.15) is 25.0 Å². The number of halogens is 1. The highest BCUT2D eigenvalue weighted by Gasteiger charge is 2.18. The number of carbonyl (C=O) groups is 1. The summed E-state index contributed by atoms with van der Waals surface area (Å²) in [5, 5.41) is 12.0. The first-order valence-corrected chi connectivity index (χ1v) is 6.13. The van der Waals surface area contributed by atoms with E-state index in [2.05, 4.69) is 5.32 Å². The molecule has 0 aromatic heterocycles. The predicted octanol–water partition coefficient (Wildman–Crippen LogP) is 2.38. The Hall–Kier alpha value is -1.42. The van der Waals surface area contributed by atoms with E-state index >= 15 is 0 Å². The van der Waals surface area contributed by atoms with Crippen LogP contribution >= 0.6 is 0 Å². The zero-order valence-electron chi connectivity index (χ0n) is 11.0. The molecule has 0 bridgehead atoms. The molecular weight excluding hydrogens is 233 g/mol. The summed E-state index contributed by atoms with van der Waals surface area (Å²) in [6.45, 7) is 6.10. The van der Waals surface area contributed by atoms with Crippen LogP contribution < -0.4 is 5.32 Å². The Morgan fingerprint density at radius 1 is 1.44 bits per heavy atom. The van der Waals surface area contributed by atoms with Crippen LogP contribution in [0.2, 0.25) is 0 Å². The molecule has 0 aliphatic rings. The summed E-state index contributed by atoms with van der Waals surface area (Å²) < 4.78 is 12.9. The lowest BCUT2D eigenvalue weighted by Crippen LogP contribution is -2.37. The molecule has 2 N–H and O–H groups in total. The van der Waals surface area contributed by atoms with E-state index in [1.54, 1.807) is 13.0 Å². The first-order chi connectivity index (χ1) is 8.41. The largest absolute Gasteiger partial charge is 0.481 e. The number of rotatable bonds is 6. The van der Waals surface area contributed by atoms with Crippen molar-refractivity contribution >= 4 is 5.97 Å².